The Morgan fingerprint density at radius 2 is 2.00 bits per heavy atom. The summed E-state index contributed by atoms with van der Waals surface area (Å²) >= 11 is 1.76. The van der Waals surface area contributed by atoms with Gasteiger partial charge in [0.05, 0.1) is 17.9 Å². The van der Waals surface area contributed by atoms with E-state index in [9.17, 15) is 9.59 Å². The lowest BCUT2D eigenvalue weighted by Crippen LogP contribution is -2.32. The van der Waals surface area contributed by atoms with Crippen LogP contribution in [-0.2, 0) is 9.47 Å². The van der Waals surface area contributed by atoms with Crippen molar-refractivity contribution in [2.24, 2.45) is 0 Å². The van der Waals surface area contributed by atoms with Crippen LogP contribution in [0.2, 0.25) is 0 Å². The number of aryl methyl sites for hydroxylation is 1. The molecule has 6 nitrogen and oxygen atoms in total. The molecule has 0 saturated carbocycles. The number of methoxy groups -OCH3 is 1. The normalized spacial score (nSPS) is 13.8. The number of anilines is 1. The molecule has 0 saturated heterocycles. The van der Waals surface area contributed by atoms with Crippen molar-refractivity contribution >= 4 is 29.3 Å². The van der Waals surface area contributed by atoms with Crippen molar-refractivity contribution in [3.8, 4) is 0 Å². The fourth-order valence-electron chi connectivity index (χ4n) is 3.23. The van der Waals surface area contributed by atoms with Gasteiger partial charge in [0.2, 0.25) is 0 Å². The number of rotatable bonds is 5. The minimum absolute atomic E-state index is 0.124. The smallest absolute Gasteiger partial charge is 0.340 e. The van der Waals surface area contributed by atoms with Gasteiger partial charge < -0.3 is 19.4 Å². The van der Waals surface area contributed by atoms with E-state index in [1.165, 1.54) is 0 Å². The van der Waals surface area contributed by atoms with Crippen LogP contribution in [-0.4, -0.2) is 49.5 Å². The maximum absolute atomic E-state index is 13.3. The Labute approximate surface area is 163 Å². The number of hydrogen-bond acceptors (Lipinski definition) is 5. The minimum atomic E-state index is -0.441. The van der Waals surface area contributed by atoms with Gasteiger partial charge in [0.25, 0.3) is 5.91 Å². The first kappa shape index (κ1) is 19.5. The van der Waals surface area contributed by atoms with Gasteiger partial charge in [-0.25, -0.2) is 4.79 Å². The number of carbonyl (C=O) groups excluding carboxylic acids is 2. The number of hydrogen-bond donors (Lipinski definition) is 1. The number of aromatic amines is 1. The van der Waals surface area contributed by atoms with Gasteiger partial charge in [-0.2, -0.15) is 0 Å². The Hall–Kier alpha value is -2.25. The second-order valence-electron chi connectivity index (χ2n) is 6.38. The van der Waals surface area contributed by atoms with Crippen molar-refractivity contribution in [1.82, 2.24) is 4.98 Å². The van der Waals surface area contributed by atoms with Gasteiger partial charge >= 0.3 is 5.97 Å². The molecule has 0 radical (unpaired) electrons. The molecule has 1 aliphatic rings. The number of H-pyrrole nitrogens is 1. The highest BCUT2D eigenvalue weighted by Crippen LogP contribution is 2.34. The van der Waals surface area contributed by atoms with Crippen LogP contribution in [0.4, 0.5) is 5.69 Å². The van der Waals surface area contributed by atoms with Crippen LogP contribution in [0, 0.1) is 13.8 Å². The third-order valence-electron chi connectivity index (χ3n) is 4.56. The Morgan fingerprint density at radius 1 is 1.22 bits per heavy atom. The molecule has 0 bridgehead atoms. The first-order chi connectivity index (χ1) is 13.0. The van der Waals surface area contributed by atoms with Crippen molar-refractivity contribution in [3.63, 3.8) is 0 Å². The average Bonchev–Trinajstić information content (AvgIpc) is 2.83. The Morgan fingerprint density at radius 3 is 2.78 bits per heavy atom. The third kappa shape index (κ3) is 4.04. The first-order valence-corrected chi connectivity index (χ1v) is 9.92. The van der Waals surface area contributed by atoms with Gasteiger partial charge in [-0.15, -0.1) is 11.8 Å². The fourth-order valence-corrected chi connectivity index (χ4v) is 4.23. The lowest BCUT2D eigenvalue weighted by Gasteiger charge is -2.22. The number of fused-ring (bicyclic) bond motifs is 1. The van der Waals surface area contributed by atoms with Crippen molar-refractivity contribution in [2.75, 3.05) is 37.5 Å². The Balaban J connectivity index is 1.90. The molecule has 0 fully saturated rings. The third-order valence-corrected chi connectivity index (χ3v) is 5.71. The number of para-hydroxylation sites is 1. The van der Waals surface area contributed by atoms with Crippen LogP contribution < -0.4 is 4.90 Å². The van der Waals surface area contributed by atoms with E-state index < -0.39 is 5.97 Å². The zero-order valence-corrected chi connectivity index (χ0v) is 16.6. The van der Waals surface area contributed by atoms with Crippen molar-refractivity contribution in [1.29, 1.82) is 0 Å². The molecule has 1 N–H and O–H groups in total. The van der Waals surface area contributed by atoms with Crippen LogP contribution in [0.25, 0.3) is 0 Å². The van der Waals surface area contributed by atoms with E-state index in [0.717, 1.165) is 22.8 Å². The molecule has 2 heterocycles. The maximum atomic E-state index is 13.3. The molecule has 3 rings (SSSR count). The summed E-state index contributed by atoms with van der Waals surface area (Å²) in [7, 11) is 1.55. The standard InChI is InChI=1S/C20H24N2O4S/c1-13-17(20(24)26-11-10-25-3)14(2)21-18(13)19(23)22-9-6-12-27-16-8-5-4-7-15(16)22/h4-5,7-8,21H,6,9-12H2,1-3H3. The molecule has 1 amide bonds. The quantitative estimate of drug-likeness (QED) is 0.626. The molecule has 0 aliphatic carbocycles. The lowest BCUT2D eigenvalue weighted by atomic mass is 10.1. The highest BCUT2D eigenvalue weighted by molar-refractivity contribution is 7.99. The zero-order valence-electron chi connectivity index (χ0n) is 15.8. The molecular weight excluding hydrogens is 364 g/mol. The molecule has 144 valence electrons. The summed E-state index contributed by atoms with van der Waals surface area (Å²) in [5.74, 6) is 0.409. The summed E-state index contributed by atoms with van der Waals surface area (Å²) in [4.78, 5) is 31.7. The second kappa shape index (κ2) is 8.63. The predicted octanol–water partition coefficient (Wildman–Crippen LogP) is 3.58. The summed E-state index contributed by atoms with van der Waals surface area (Å²) in [5.41, 5.74) is 3.03. The molecular formula is C20H24N2O4S. The maximum Gasteiger partial charge on any atom is 0.340 e. The Kier molecular flexibility index (Phi) is 6.23. The van der Waals surface area contributed by atoms with Crippen LogP contribution in [0.5, 0.6) is 0 Å². The van der Waals surface area contributed by atoms with Gasteiger partial charge in [0.15, 0.2) is 0 Å². The zero-order chi connectivity index (χ0) is 19.4. The summed E-state index contributed by atoms with van der Waals surface area (Å²) in [5, 5.41) is 0. The number of amides is 1. The Bertz CT molecular complexity index is 847. The number of carbonyl (C=O) groups is 2. The van der Waals surface area contributed by atoms with E-state index in [-0.39, 0.29) is 12.5 Å². The summed E-state index contributed by atoms with van der Waals surface area (Å²) < 4.78 is 10.1. The molecule has 0 spiro atoms. The molecule has 0 unspecified atom stereocenters. The summed E-state index contributed by atoms with van der Waals surface area (Å²) in [6.45, 7) is 4.72. The van der Waals surface area contributed by atoms with E-state index in [1.54, 1.807) is 37.6 Å². The molecule has 7 heteroatoms. The highest BCUT2D eigenvalue weighted by Gasteiger charge is 2.28. The van der Waals surface area contributed by atoms with Crippen molar-refractivity contribution < 1.29 is 19.1 Å². The minimum Gasteiger partial charge on any atom is -0.460 e. The van der Waals surface area contributed by atoms with Crippen molar-refractivity contribution in [2.45, 2.75) is 25.2 Å². The van der Waals surface area contributed by atoms with Gasteiger partial charge in [-0.05, 0) is 43.7 Å². The average molecular weight is 388 g/mol. The fraction of sp³-hybridized carbons (Fsp3) is 0.400. The number of esters is 1. The van der Waals surface area contributed by atoms with E-state index in [4.69, 9.17) is 9.47 Å². The lowest BCUT2D eigenvalue weighted by molar-refractivity contribution is 0.0387. The SMILES string of the molecule is COCCOC(=O)c1c(C)[nH]c(C(=O)N2CCCSc3ccccc32)c1C. The number of ether oxygens (including phenoxy) is 2. The predicted molar refractivity (Wildman–Crippen MR) is 106 cm³/mol. The summed E-state index contributed by atoms with van der Waals surface area (Å²) in [6, 6.07) is 7.93. The van der Waals surface area contributed by atoms with Crippen LogP contribution in [0.15, 0.2) is 29.2 Å². The number of nitrogens with zero attached hydrogens (tertiary/aromatic N) is 1. The van der Waals surface area contributed by atoms with E-state index >= 15 is 0 Å². The number of benzene rings is 1. The van der Waals surface area contributed by atoms with Crippen LogP contribution >= 0.6 is 11.8 Å². The van der Waals surface area contributed by atoms with E-state index in [2.05, 4.69) is 4.98 Å². The molecule has 0 atom stereocenters. The van der Waals surface area contributed by atoms with Gasteiger partial charge in [0, 0.05) is 24.2 Å². The largest absolute Gasteiger partial charge is 0.460 e. The number of aromatic nitrogens is 1. The van der Waals surface area contributed by atoms with Crippen molar-refractivity contribution in [3.05, 3.63) is 46.8 Å². The van der Waals surface area contributed by atoms with Crippen LogP contribution in [0.3, 0.4) is 0 Å². The summed E-state index contributed by atoms with van der Waals surface area (Å²) in [6.07, 6.45) is 0.912. The molecule has 1 aliphatic heterocycles. The molecule has 1 aromatic carbocycles. The van der Waals surface area contributed by atoms with Gasteiger partial charge in [0.1, 0.15) is 12.3 Å². The molecule has 2 aromatic rings. The first-order valence-electron chi connectivity index (χ1n) is 8.93. The highest BCUT2D eigenvalue weighted by atomic mass is 32.2. The topological polar surface area (TPSA) is 71.6 Å². The van der Waals surface area contributed by atoms with Gasteiger partial charge in [-0.1, -0.05) is 12.1 Å². The molecule has 1 aromatic heterocycles. The molecule has 27 heavy (non-hydrogen) atoms. The van der Waals surface area contributed by atoms with Gasteiger partial charge in [-0.3, -0.25) is 4.79 Å². The second-order valence-corrected chi connectivity index (χ2v) is 7.52. The number of nitrogens with one attached hydrogen (secondary N) is 1. The van der Waals surface area contributed by atoms with E-state index in [1.807, 2.05) is 24.3 Å². The van der Waals surface area contributed by atoms with E-state index in [0.29, 0.717) is 35.7 Å². The number of thioether (sulfide) groups is 1. The van der Waals surface area contributed by atoms with Crippen LogP contribution in [0.1, 0.15) is 38.5 Å². The monoisotopic (exact) mass is 388 g/mol.